The van der Waals surface area contributed by atoms with Crippen molar-refractivity contribution < 1.29 is 19.0 Å². The van der Waals surface area contributed by atoms with Crippen molar-refractivity contribution in [3.63, 3.8) is 0 Å². The van der Waals surface area contributed by atoms with Crippen molar-refractivity contribution in [2.45, 2.75) is 69.7 Å². The number of carbonyl (C=O) groups excluding carboxylic acids is 1. The Morgan fingerprint density at radius 1 is 1.15 bits per heavy atom. The predicted molar refractivity (Wildman–Crippen MR) is 122 cm³/mol. The average Bonchev–Trinajstić information content (AvgIpc) is 3.32. The normalized spacial score (nSPS) is 24.0. The van der Waals surface area contributed by atoms with E-state index in [0.717, 1.165) is 44.5 Å². The Morgan fingerprint density at radius 2 is 1.94 bits per heavy atom. The first kappa shape index (κ1) is 23.8. The van der Waals surface area contributed by atoms with Crippen molar-refractivity contribution in [1.29, 1.82) is 0 Å². The molecule has 1 amide bonds. The van der Waals surface area contributed by atoms with Crippen LogP contribution in [0.25, 0.3) is 11.3 Å². The van der Waals surface area contributed by atoms with Crippen molar-refractivity contribution in [2.24, 2.45) is 0 Å². The van der Waals surface area contributed by atoms with Gasteiger partial charge in [0.1, 0.15) is 17.6 Å². The summed E-state index contributed by atoms with van der Waals surface area (Å²) in [5.41, 5.74) is 1.51. The molecule has 0 aliphatic carbocycles. The number of aliphatic hydroxyl groups is 1. The maximum atomic E-state index is 13.1. The first-order valence-electron chi connectivity index (χ1n) is 12.0. The molecular weight excluding hydrogens is 425 g/mol. The van der Waals surface area contributed by atoms with E-state index in [1.165, 1.54) is 31.4 Å². The summed E-state index contributed by atoms with van der Waals surface area (Å²) in [6.45, 7) is 3.47. The number of nitrogens with one attached hydrogen (secondary N) is 1. The van der Waals surface area contributed by atoms with Crippen LogP contribution in [0.2, 0.25) is 0 Å². The third-order valence-corrected chi connectivity index (χ3v) is 6.60. The lowest BCUT2D eigenvalue weighted by Crippen LogP contribution is -2.51. The van der Waals surface area contributed by atoms with Gasteiger partial charge in [-0.2, -0.15) is 0 Å². The zero-order chi connectivity index (χ0) is 23.0. The standard InChI is InChI=1S/C24H34FN5O3/c25-19-6-4-18(5-7-19)22-16-30(28-27-22)15-10-20-8-9-21(23(17-31)33-20)26-24(32)11-14-29-12-2-1-3-13-29/h4-7,16,20-21,23,31H,1-3,8-15,17H2,(H,26,32)/t20-,21+,23-/m1/s1. The zero-order valence-corrected chi connectivity index (χ0v) is 19.0. The Bertz CT molecular complexity index is 884. The van der Waals surface area contributed by atoms with Crippen LogP contribution < -0.4 is 5.32 Å². The number of rotatable bonds is 9. The molecule has 9 heteroatoms. The lowest BCUT2D eigenvalue weighted by molar-refractivity contribution is -0.129. The van der Waals surface area contributed by atoms with Gasteiger partial charge in [-0.05, 0) is 69.5 Å². The highest BCUT2D eigenvalue weighted by atomic mass is 19.1. The topological polar surface area (TPSA) is 92.5 Å². The van der Waals surface area contributed by atoms with E-state index in [1.54, 1.807) is 16.8 Å². The van der Waals surface area contributed by atoms with E-state index in [9.17, 15) is 14.3 Å². The van der Waals surface area contributed by atoms with Crippen LogP contribution in [-0.2, 0) is 16.1 Å². The lowest BCUT2D eigenvalue weighted by Gasteiger charge is -2.36. The number of hydrogen-bond donors (Lipinski definition) is 2. The molecule has 0 spiro atoms. The second-order valence-electron chi connectivity index (χ2n) is 9.05. The summed E-state index contributed by atoms with van der Waals surface area (Å²) in [4.78, 5) is 14.8. The molecule has 2 N–H and O–H groups in total. The maximum absolute atomic E-state index is 13.1. The van der Waals surface area contributed by atoms with E-state index in [-0.39, 0.29) is 30.5 Å². The van der Waals surface area contributed by atoms with Crippen LogP contribution in [0.15, 0.2) is 30.5 Å². The average molecular weight is 460 g/mol. The third kappa shape index (κ3) is 6.82. The Kier molecular flexibility index (Phi) is 8.41. The molecule has 3 heterocycles. The zero-order valence-electron chi connectivity index (χ0n) is 19.0. The van der Waals surface area contributed by atoms with Crippen molar-refractivity contribution in [1.82, 2.24) is 25.2 Å². The summed E-state index contributed by atoms with van der Waals surface area (Å²) in [6, 6.07) is 6.02. The Morgan fingerprint density at radius 3 is 2.70 bits per heavy atom. The molecule has 2 aliphatic heterocycles. The van der Waals surface area contributed by atoms with Crippen LogP contribution in [0, 0.1) is 5.82 Å². The van der Waals surface area contributed by atoms with E-state index in [0.29, 0.717) is 18.7 Å². The molecule has 0 saturated carbocycles. The molecule has 2 fully saturated rings. The van der Waals surface area contributed by atoms with E-state index in [2.05, 4.69) is 20.5 Å². The van der Waals surface area contributed by atoms with Gasteiger partial charge in [0.15, 0.2) is 0 Å². The van der Waals surface area contributed by atoms with E-state index < -0.39 is 6.10 Å². The number of ether oxygens (including phenoxy) is 1. The molecular formula is C24H34FN5O3. The van der Waals surface area contributed by atoms with Gasteiger partial charge in [0, 0.05) is 25.1 Å². The number of benzene rings is 1. The van der Waals surface area contributed by atoms with Crippen molar-refractivity contribution in [2.75, 3.05) is 26.2 Å². The SMILES string of the molecule is O=C(CCN1CCCCC1)N[C@H]1CC[C@H](CCn2cc(-c3ccc(F)cc3)nn2)O[C@@H]1CO. The minimum absolute atomic E-state index is 0.0119. The number of hydrogen-bond acceptors (Lipinski definition) is 6. The molecule has 4 rings (SSSR count). The Balaban J connectivity index is 1.21. The molecule has 0 radical (unpaired) electrons. The summed E-state index contributed by atoms with van der Waals surface area (Å²) < 4.78 is 21.0. The van der Waals surface area contributed by atoms with Gasteiger partial charge in [-0.15, -0.1) is 5.10 Å². The van der Waals surface area contributed by atoms with Gasteiger partial charge in [-0.3, -0.25) is 9.48 Å². The molecule has 3 atom stereocenters. The van der Waals surface area contributed by atoms with Gasteiger partial charge >= 0.3 is 0 Å². The molecule has 33 heavy (non-hydrogen) atoms. The first-order chi connectivity index (χ1) is 16.1. The van der Waals surface area contributed by atoms with Gasteiger partial charge in [0.2, 0.25) is 5.91 Å². The molecule has 2 saturated heterocycles. The lowest BCUT2D eigenvalue weighted by atomic mass is 9.97. The molecule has 1 aromatic carbocycles. The first-order valence-corrected chi connectivity index (χ1v) is 12.0. The summed E-state index contributed by atoms with van der Waals surface area (Å²) in [5.74, 6) is -0.252. The smallest absolute Gasteiger partial charge is 0.221 e. The van der Waals surface area contributed by atoms with E-state index in [4.69, 9.17) is 4.74 Å². The maximum Gasteiger partial charge on any atom is 0.221 e. The quantitative estimate of drug-likeness (QED) is 0.598. The van der Waals surface area contributed by atoms with Crippen LogP contribution in [0.3, 0.4) is 0 Å². The van der Waals surface area contributed by atoms with Crippen LogP contribution in [0.5, 0.6) is 0 Å². The van der Waals surface area contributed by atoms with Crippen LogP contribution >= 0.6 is 0 Å². The highest BCUT2D eigenvalue weighted by Crippen LogP contribution is 2.23. The second kappa shape index (κ2) is 11.7. The molecule has 2 aliphatic rings. The largest absolute Gasteiger partial charge is 0.394 e. The highest BCUT2D eigenvalue weighted by Gasteiger charge is 2.31. The molecule has 180 valence electrons. The number of aryl methyl sites for hydroxylation is 1. The van der Waals surface area contributed by atoms with Crippen LogP contribution in [0.4, 0.5) is 4.39 Å². The van der Waals surface area contributed by atoms with Crippen LogP contribution in [-0.4, -0.2) is 75.4 Å². The minimum atomic E-state index is -0.395. The summed E-state index contributed by atoms with van der Waals surface area (Å²) >= 11 is 0. The monoisotopic (exact) mass is 459 g/mol. The number of amides is 1. The number of aliphatic hydroxyl groups excluding tert-OH is 1. The number of piperidine rings is 1. The third-order valence-electron chi connectivity index (χ3n) is 6.60. The second-order valence-corrected chi connectivity index (χ2v) is 9.05. The summed E-state index contributed by atoms with van der Waals surface area (Å²) in [6.07, 6.45) is 7.96. The van der Waals surface area contributed by atoms with E-state index in [1.807, 2.05) is 6.20 Å². The Hall–Kier alpha value is -2.36. The highest BCUT2D eigenvalue weighted by molar-refractivity contribution is 5.76. The molecule has 0 unspecified atom stereocenters. The fourth-order valence-electron chi connectivity index (χ4n) is 4.67. The minimum Gasteiger partial charge on any atom is -0.394 e. The van der Waals surface area contributed by atoms with Gasteiger partial charge in [-0.1, -0.05) is 11.6 Å². The summed E-state index contributed by atoms with van der Waals surface area (Å²) in [7, 11) is 0. The number of halogens is 1. The van der Waals surface area contributed by atoms with Crippen LogP contribution in [0.1, 0.15) is 44.9 Å². The molecule has 1 aromatic heterocycles. The number of carbonyl (C=O) groups is 1. The van der Waals surface area contributed by atoms with E-state index >= 15 is 0 Å². The molecule has 2 aromatic rings. The Labute approximate surface area is 194 Å². The van der Waals surface area contributed by atoms with Crippen molar-refractivity contribution >= 4 is 5.91 Å². The number of nitrogens with zero attached hydrogens (tertiary/aromatic N) is 4. The summed E-state index contributed by atoms with van der Waals surface area (Å²) in [5, 5.41) is 21.2. The molecule has 0 bridgehead atoms. The van der Waals surface area contributed by atoms with Gasteiger partial charge in [-0.25, -0.2) is 4.39 Å². The number of likely N-dealkylation sites (tertiary alicyclic amines) is 1. The van der Waals surface area contributed by atoms with Gasteiger partial charge < -0.3 is 20.1 Å². The van der Waals surface area contributed by atoms with Gasteiger partial charge in [0.05, 0.1) is 24.9 Å². The van der Waals surface area contributed by atoms with Crippen molar-refractivity contribution in [3.8, 4) is 11.3 Å². The molecule has 8 nitrogen and oxygen atoms in total. The number of aromatic nitrogens is 3. The van der Waals surface area contributed by atoms with Crippen molar-refractivity contribution in [3.05, 3.63) is 36.3 Å². The van der Waals surface area contributed by atoms with Gasteiger partial charge in [0.25, 0.3) is 0 Å². The fraction of sp³-hybridized carbons (Fsp3) is 0.625. The predicted octanol–water partition coefficient (Wildman–Crippen LogP) is 2.38. The fourth-order valence-corrected chi connectivity index (χ4v) is 4.67.